The molecule has 0 unspecified atom stereocenters. The van der Waals surface area contributed by atoms with Gasteiger partial charge in [-0.15, -0.1) is 0 Å². The molecule has 3 heteroatoms. The maximum atomic E-state index is 9.10. The van der Waals surface area contributed by atoms with Crippen LogP contribution >= 0.6 is 0 Å². The fourth-order valence-electron chi connectivity index (χ4n) is 2.15. The van der Waals surface area contributed by atoms with Crippen molar-refractivity contribution in [2.75, 3.05) is 19.7 Å². The lowest BCUT2D eigenvalue weighted by molar-refractivity contribution is 0.146. The molecule has 1 N–H and O–H groups in total. The molecule has 0 aromatic heterocycles. The molecule has 0 spiro atoms. The lowest BCUT2D eigenvalue weighted by atomic mass is 10.1. The number of rotatable bonds is 3. The van der Waals surface area contributed by atoms with E-state index in [1.807, 2.05) is 0 Å². The van der Waals surface area contributed by atoms with E-state index in [1.165, 1.54) is 6.42 Å². The Morgan fingerprint density at radius 3 is 2.85 bits per heavy atom. The molecule has 1 saturated heterocycles. The van der Waals surface area contributed by atoms with Crippen molar-refractivity contribution in [1.82, 2.24) is 4.90 Å². The van der Waals surface area contributed by atoms with Crippen LogP contribution in [0.25, 0.3) is 0 Å². The first-order valence-electron chi connectivity index (χ1n) is 5.06. The largest absolute Gasteiger partial charge is 0.395 e. The number of nitriles is 1. The van der Waals surface area contributed by atoms with E-state index >= 15 is 0 Å². The van der Waals surface area contributed by atoms with Crippen molar-refractivity contribution >= 4 is 0 Å². The Labute approximate surface area is 79.0 Å². The standard InChI is InChI=1S/C10H16N2O/c11-7-10(3-4-10)8-12-5-1-2-9(12)6-13/h9,13H,1-6,8H2/t9-/m1/s1. The Hall–Kier alpha value is -0.590. The van der Waals surface area contributed by atoms with Crippen LogP contribution in [0.5, 0.6) is 0 Å². The second kappa shape index (κ2) is 3.28. The van der Waals surface area contributed by atoms with Crippen LogP contribution in [0, 0.1) is 16.7 Å². The number of likely N-dealkylation sites (tertiary alicyclic amines) is 1. The number of hydrogen-bond donors (Lipinski definition) is 1. The zero-order chi connectivity index (χ0) is 9.31. The lowest BCUT2D eigenvalue weighted by Gasteiger charge is -2.24. The minimum absolute atomic E-state index is 0.0439. The number of aliphatic hydroxyl groups is 1. The molecule has 0 radical (unpaired) electrons. The van der Waals surface area contributed by atoms with Crippen LogP contribution in [-0.2, 0) is 0 Å². The van der Waals surface area contributed by atoms with Gasteiger partial charge in [-0.2, -0.15) is 5.26 Å². The zero-order valence-corrected chi connectivity index (χ0v) is 7.87. The van der Waals surface area contributed by atoms with E-state index in [0.29, 0.717) is 6.04 Å². The molecule has 2 fully saturated rings. The molecule has 1 saturated carbocycles. The van der Waals surface area contributed by atoms with Crippen molar-refractivity contribution in [1.29, 1.82) is 5.26 Å². The first kappa shape index (κ1) is 8.98. The summed E-state index contributed by atoms with van der Waals surface area (Å²) in [6, 6.07) is 2.73. The van der Waals surface area contributed by atoms with Crippen molar-refractivity contribution in [2.45, 2.75) is 31.7 Å². The Balaban J connectivity index is 1.91. The highest BCUT2D eigenvalue weighted by Gasteiger charge is 2.45. The van der Waals surface area contributed by atoms with Crippen molar-refractivity contribution in [3.8, 4) is 6.07 Å². The minimum atomic E-state index is -0.0439. The quantitative estimate of drug-likeness (QED) is 0.697. The van der Waals surface area contributed by atoms with Crippen molar-refractivity contribution in [3.05, 3.63) is 0 Å². The Kier molecular flexibility index (Phi) is 2.27. The number of hydrogen-bond acceptors (Lipinski definition) is 3. The maximum Gasteiger partial charge on any atom is 0.0703 e. The van der Waals surface area contributed by atoms with Crippen LogP contribution in [-0.4, -0.2) is 35.7 Å². The second-order valence-electron chi connectivity index (χ2n) is 4.34. The van der Waals surface area contributed by atoms with Crippen molar-refractivity contribution in [3.63, 3.8) is 0 Å². The monoisotopic (exact) mass is 180 g/mol. The smallest absolute Gasteiger partial charge is 0.0703 e. The third-order valence-corrected chi connectivity index (χ3v) is 3.31. The predicted molar refractivity (Wildman–Crippen MR) is 49.0 cm³/mol. The molecule has 0 aromatic rings. The molecule has 2 rings (SSSR count). The van der Waals surface area contributed by atoms with Gasteiger partial charge in [-0.3, -0.25) is 4.90 Å². The summed E-state index contributed by atoms with van der Waals surface area (Å²) in [4.78, 5) is 2.29. The molecular formula is C10H16N2O. The summed E-state index contributed by atoms with van der Waals surface area (Å²) >= 11 is 0. The van der Waals surface area contributed by atoms with Gasteiger partial charge in [-0.1, -0.05) is 0 Å². The summed E-state index contributed by atoms with van der Waals surface area (Å²) in [6.45, 7) is 2.20. The topological polar surface area (TPSA) is 47.3 Å². The Morgan fingerprint density at radius 2 is 2.31 bits per heavy atom. The highest BCUT2D eigenvalue weighted by molar-refractivity contribution is 5.12. The highest BCUT2D eigenvalue weighted by Crippen LogP contribution is 2.46. The molecule has 3 nitrogen and oxygen atoms in total. The summed E-state index contributed by atoms with van der Waals surface area (Å²) < 4.78 is 0. The van der Waals surface area contributed by atoms with E-state index in [-0.39, 0.29) is 12.0 Å². The summed E-state index contributed by atoms with van der Waals surface area (Å²) in [5.74, 6) is 0. The molecule has 1 aliphatic heterocycles. The first-order valence-corrected chi connectivity index (χ1v) is 5.06. The van der Waals surface area contributed by atoms with Gasteiger partial charge in [0.05, 0.1) is 18.1 Å². The number of aliphatic hydroxyl groups excluding tert-OH is 1. The summed E-state index contributed by atoms with van der Waals surface area (Å²) in [5.41, 5.74) is -0.0439. The van der Waals surface area contributed by atoms with Gasteiger partial charge >= 0.3 is 0 Å². The average Bonchev–Trinajstić information content (AvgIpc) is 2.78. The van der Waals surface area contributed by atoms with Gasteiger partial charge < -0.3 is 5.11 Å². The van der Waals surface area contributed by atoms with Gasteiger partial charge in [0.1, 0.15) is 0 Å². The summed E-state index contributed by atoms with van der Waals surface area (Å²) in [7, 11) is 0. The molecular weight excluding hydrogens is 164 g/mol. The normalized spacial score (nSPS) is 31.5. The van der Waals surface area contributed by atoms with E-state index in [1.54, 1.807) is 0 Å². The Morgan fingerprint density at radius 1 is 1.54 bits per heavy atom. The summed E-state index contributed by atoms with van der Waals surface area (Å²) in [5, 5.41) is 18.0. The molecule has 1 atom stereocenters. The van der Waals surface area contributed by atoms with E-state index in [9.17, 15) is 0 Å². The molecule has 1 aliphatic carbocycles. The molecule has 0 bridgehead atoms. The van der Waals surface area contributed by atoms with Gasteiger partial charge in [0.25, 0.3) is 0 Å². The van der Waals surface area contributed by atoms with Crippen LogP contribution < -0.4 is 0 Å². The van der Waals surface area contributed by atoms with Crippen molar-refractivity contribution < 1.29 is 5.11 Å². The fourth-order valence-corrected chi connectivity index (χ4v) is 2.15. The SMILES string of the molecule is N#CC1(CN2CCC[C@@H]2CO)CC1. The molecule has 72 valence electrons. The summed E-state index contributed by atoms with van der Waals surface area (Å²) in [6.07, 6.45) is 4.38. The number of nitrogens with zero attached hydrogens (tertiary/aromatic N) is 2. The molecule has 0 amide bonds. The van der Waals surface area contributed by atoms with Crippen LogP contribution in [0.4, 0.5) is 0 Å². The van der Waals surface area contributed by atoms with Crippen LogP contribution in [0.3, 0.4) is 0 Å². The minimum Gasteiger partial charge on any atom is -0.395 e. The van der Waals surface area contributed by atoms with Crippen LogP contribution in [0.15, 0.2) is 0 Å². The van der Waals surface area contributed by atoms with Gasteiger partial charge in [0, 0.05) is 12.6 Å². The predicted octanol–water partition coefficient (Wildman–Crippen LogP) is 0.747. The lowest BCUT2D eigenvalue weighted by Crippen LogP contribution is -2.36. The van der Waals surface area contributed by atoms with E-state index in [0.717, 1.165) is 32.4 Å². The van der Waals surface area contributed by atoms with Crippen molar-refractivity contribution in [2.24, 2.45) is 5.41 Å². The third kappa shape index (κ3) is 1.70. The first-order chi connectivity index (χ1) is 6.29. The van der Waals surface area contributed by atoms with E-state index in [2.05, 4.69) is 11.0 Å². The molecule has 0 aromatic carbocycles. The average molecular weight is 180 g/mol. The van der Waals surface area contributed by atoms with Crippen LogP contribution in [0.2, 0.25) is 0 Å². The van der Waals surface area contributed by atoms with Gasteiger partial charge in [-0.25, -0.2) is 0 Å². The zero-order valence-electron chi connectivity index (χ0n) is 7.87. The highest BCUT2D eigenvalue weighted by atomic mass is 16.3. The molecule has 2 aliphatic rings. The second-order valence-corrected chi connectivity index (χ2v) is 4.34. The van der Waals surface area contributed by atoms with Crippen LogP contribution in [0.1, 0.15) is 25.7 Å². The van der Waals surface area contributed by atoms with Gasteiger partial charge in [0.2, 0.25) is 0 Å². The molecule has 1 heterocycles. The maximum absolute atomic E-state index is 9.10. The third-order valence-electron chi connectivity index (χ3n) is 3.31. The van der Waals surface area contributed by atoms with Gasteiger partial charge in [0.15, 0.2) is 0 Å². The molecule has 13 heavy (non-hydrogen) atoms. The fraction of sp³-hybridized carbons (Fsp3) is 0.900. The van der Waals surface area contributed by atoms with Gasteiger partial charge in [-0.05, 0) is 32.2 Å². The Bertz CT molecular complexity index is 230. The van der Waals surface area contributed by atoms with E-state index in [4.69, 9.17) is 10.4 Å². The van der Waals surface area contributed by atoms with E-state index < -0.39 is 0 Å².